The number of amides is 4. The summed E-state index contributed by atoms with van der Waals surface area (Å²) in [5, 5.41) is 8.07. The summed E-state index contributed by atoms with van der Waals surface area (Å²) in [6, 6.07) is 2.07. The number of anilines is 1. The molecule has 0 saturated heterocycles. The van der Waals surface area contributed by atoms with Gasteiger partial charge in [-0.3, -0.25) is 4.79 Å². The Balaban J connectivity index is 1.75. The van der Waals surface area contributed by atoms with Crippen molar-refractivity contribution in [3.8, 4) is 0 Å². The number of hydrogen-bond acceptors (Lipinski definition) is 6. The van der Waals surface area contributed by atoms with E-state index in [2.05, 4.69) is 16.0 Å². The minimum Gasteiger partial charge on any atom is -0.467 e. The van der Waals surface area contributed by atoms with Crippen LogP contribution in [0.1, 0.15) is 90.5 Å². The van der Waals surface area contributed by atoms with Crippen LogP contribution in [0.4, 0.5) is 19.7 Å². The van der Waals surface area contributed by atoms with Gasteiger partial charge < -0.3 is 30.3 Å². The van der Waals surface area contributed by atoms with E-state index in [1.54, 1.807) is 45.7 Å². The van der Waals surface area contributed by atoms with Crippen molar-refractivity contribution in [2.45, 2.75) is 109 Å². The summed E-state index contributed by atoms with van der Waals surface area (Å²) in [7, 11) is 2.90. The highest BCUT2D eigenvalue weighted by atomic mass is 19.1. The molecule has 3 atom stereocenters. The van der Waals surface area contributed by atoms with E-state index in [-0.39, 0.29) is 17.6 Å². The van der Waals surface area contributed by atoms with E-state index in [0.717, 1.165) is 51.4 Å². The number of urea groups is 1. The lowest BCUT2D eigenvalue weighted by molar-refractivity contribution is -0.143. The van der Waals surface area contributed by atoms with Crippen molar-refractivity contribution in [3.63, 3.8) is 0 Å². The number of carbonyl (C=O) groups is 4. The molecule has 3 rings (SSSR count). The summed E-state index contributed by atoms with van der Waals surface area (Å²) in [5.74, 6) is -2.60. The fourth-order valence-corrected chi connectivity index (χ4v) is 5.17. The SMILES string of the molecule is COC(=O)[C@H](NC(=O)N(C)C1CC1)[C@@H](C)c1ccc(NC(=O)[C@@H](NC(=O)OC(C)(C)C)C2CCCCCC2)c(F)c1. The van der Waals surface area contributed by atoms with Gasteiger partial charge in [0.15, 0.2) is 0 Å². The lowest BCUT2D eigenvalue weighted by atomic mass is 9.91. The van der Waals surface area contributed by atoms with Crippen molar-refractivity contribution < 1.29 is 33.0 Å². The molecule has 10 nitrogen and oxygen atoms in total. The summed E-state index contributed by atoms with van der Waals surface area (Å²) in [4.78, 5) is 52.7. The van der Waals surface area contributed by atoms with E-state index >= 15 is 4.39 Å². The van der Waals surface area contributed by atoms with Crippen molar-refractivity contribution in [1.29, 1.82) is 0 Å². The Labute approximate surface area is 242 Å². The summed E-state index contributed by atoms with van der Waals surface area (Å²) >= 11 is 0. The third kappa shape index (κ3) is 9.33. The van der Waals surface area contributed by atoms with Gasteiger partial charge in [-0.25, -0.2) is 18.8 Å². The zero-order valence-corrected chi connectivity index (χ0v) is 25.1. The molecule has 1 aromatic carbocycles. The number of benzene rings is 1. The molecule has 4 amide bonds. The van der Waals surface area contributed by atoms with Crippen molar-refractivity contribution in [2.24, 2.45) is 5.92 Å². The third-order valence-corrected chi connectivity index (χ3v) is 7.75. The van der Waals surface area contributed by atoms with Gasteiger partial charge in [0.05, 0.1) is 12.8 Å². The summed E-state index contributed by atoms with van der Waals surface area (Å²) in [6.45, 7) is 6.92. The van der Waals surface area contributed by atoms with E-state index in [1.165, 1.54) is 19.2 Å². The number of nitrogens with zero attached hydrogens (tertiary/aromatic N) is 1. The first-order valence-corrected chi connectivity index (χ1v) is 14.5. The molecule has 2 aliphatic rings. The quantitative estimate of drug-likeness (QED) is 0.278. The van der Waals surface area contributed by atoms with E-state index in [4.69, 9.17) is 9.47 Å². The molecule has 0 radical (unpaired) electrons. The highest BCUT2D eigenvalue weighted by Gasteiger charge is 2.35. The number of rotatable bonds is 9. The van der Waals surface area contributed by atoms with Gasteiger partial charge in [-0.2, -0.15) is 0 Å². The largest absolute Gasteiger partial charge is 0.467 e. The highest BCUT2D eigenvalue weighted by Crippen LogP contribution is 2.29. The van der Waals surface area contributed by atoms with Gasteiger partial charge in [-0.1, -0.05) is 38.7 Å². The van der Waals surface area contributed by atoms with Crippen LogP contribution in [-0.4, -0.2) is 66.8 Å². The Morgan fingerprint density at radius 1 is 1.00 bits per heavy atom. The van der Waals surface area contributed by atoms with Gasteiger partial charge in [0.25, 0.3) is 0 Å². The lowest BCUT2D eigenvalue weighted by Crippen LogP contribution is -2.50. The Kier molecular flexibility index (Phi) is 11.0. The molecule has 0 bridgehead atoms. The van der Waals surface area contributed by atoms with Gasteiger partial charge in [0, 0.05) is 19.0 Å². The van der Waals surface area contributed by atoms with Crippen LogP contribution in [0, 0.1) is 11.7 Å². The van der Waals surface area contributed by atoms with Crippen LogP contribution in [-0.2, 0) is 19.1 Å². The van der Waals surface area contributed by atoms with Crippen molar-refractivity contribution >= 4 is 29.7 Å². The fraction of sp³-hybridized carbons (Fsp3) is 0.667. The van der Waals surface area contributed by atoms with Crippen molar-refractivity contribution in [2.75, 3.05) is 19.5 Å². The molecule has 0 aromatic heterocycles. The number of hydrogen-bond donors (Lipinski definition) is 3. The van der Waals surface area contributed by atoms with Crippen LogP contribution in [0.5, 0.6) is 0 Å². The molecule has 0 spiro atoms. The van der Waals surface area contributed by atoms with E-state index < -0.39 is 53.4 Å². The van der Waals surface area contributed by atoms with Crippen LogP contribution < -0.4 is 16.0 Å². The number of halogens is 1. The maximum absolute atomic E-state index is 15.3. The standard InChI is InChI=1S/C30H45FN4O6/c1-18(24(27(37)40-6)33-28(38)35(5)21-14-15-21)20-13-16-23(22(31)17-20)32-26(36)25(19-11-9-7-8-10-12-19)34-29(39)41-30(2,3)4/h13,16-19,21,24-25H,7-12,14-15H2,1-6H3,(H,32,36)(H,33,38)(H,34,39)/t18-,24+,25-/m0/s1. The van der Waals surface area contributed by atoms with Crippen molar-refractivity contribution in [1.82, 2.24) is 15.5 Å². The maximum Gasteiger partial charge on any atom is 0.408 e. The summed E-state index contributed by atoms with van der Waals surface area (Å²) in [6.07, 6.45) is 6.68. The number of esters is 1. The Bertz CT molecular complexity index is 1090. The molecule has 228 valence electrons. The molecule has 1 aromatic rings. The Morgan fingerprint density at radius 2 is 1.63 bits per heavy atom. The number of methoxy groups -OCH3 is 1. The molecule has 41 heavy (non-hydrogen) atoms. The zero-order valence-electron chi connectivity index (χ0n) is 25.1. The molecule has 0 unspecified atom stereocenters. The van der Waals surface area contributed by atoms with Crippen LogP contribution in [0.15, 0.2) is 18.2 Å². The van der Waals surface area contributed by atoms with Gasteiger partial charge >= 0.3 is 18.1 Å². The predicted octanol–water partition coefficient (Wildman–Crippen LogP) is 5.08. The minimum absolute atomic E-state index is 0.0531. The minimum atomic E-state index is -1.04. The second kappa shape index (κ2) is 14.0. The second-order valence-corrected chi connectivity index (χ2v) is 12.2. The first kappa shape index (κ1) is 32.1. The smallest absolute Gasteiger partial charge is 0.408 e. The number of carbonyl (C=O) groups excluding carboxylic acids is 4. The van der Waals surface area contributed by atoms with Crippen LogP contribution in [0.2, 0.25) is 0 Å². The molecule has 11 heteroatoms. The lowest BCUT2D eigenvalue weighted by Gasteiger charge is -2.28. The second-order valence-electron chi connectivity index (χ2n) is 12.2. The number of nitrogens with one attached hydrogen (secondary N) is 3. The first-order valence-electron chi connectivity index (χ1n) is 14.5. The predicted molar refractivity (Wildman–Crippen MR) is 153 cm³/mol. The highest BCUT2D eigenvalue weighted by molar-refractivity contribution is 5.97. The number of ether oxygens (including phenoxy) is 2. The first-order chi connectivity index (χ1) is 19.3. The molecule has 3 N–H and O–H groups in total. The summed E-state index contributed by atoms with van der Waals surface area (Å²) < 4.78 is 25.6. The molecule has 2 saturated carbocycles. The van der Waals surface area contributed by atoms with E-state index in [1.807, 2.05) is 0 Å². The normalized spacial score (nSPS) is 18.2. The van der Waals surface area contributed by atoms with Gasteiger partial charge in [0.2, 0.25) is 5.91 Å². The molecule has 2 aliphatic carbocycles. The van der Waals surface area contributed by atoms with E-state index in [9.17, 15) is 19.2 Å². The zero-order chi connectivity index (χ0) is 30.3. The average Bonchev–Trinajstić information content (AvgIpc) is 3.77. The van der Waals surface area contributed by atoms with Gasteiger partial charge in [0.1, 0.15) is 23.5 Å². The van der Waals surface area contributed by atoms with Crippen LogP contribution in [0.25, 0.3) is 0 Å². The molecule has 0 heterocycles. The third-order valence-electron chi connectivity index (χ3n) is 7.75. The van der Waals surface area contributed by atoms with E-state index in [0.29, 0.717) is 5.56 Å². The van der Waals surface area contributed by atoms with Crippen LogP contribution >= 0.6 is 0 Å². The van der Waals surface area contributed by atoms with Gasteiger partial charge in [-0.15, -0.1) is 0 Å². The Morgan fingerprint density at radius 3 is 2.17 bits per heavy atom. The number of alkyl carbamates (subject to hydrolysis) is 1. The molecular formula is C30H45FN4O6. The Hall–Kier alpha value is -3.37. The summed E-state index contributed by atoms with van der Waals surface area (Å²) in [5.41, 5.74) is -0.345. The monoisotopic (exact) mass is 576 g/mol. The van der Waals surface area contributed by atoms with Gasteiger partial charge in [-0.05, 0) is 70.1 Å². The molecule has 0 aliphatic heterocycles. The average molecular weight is 577 g/mol. The maximum atomic E-state index is 15.3. The molecule has 2 fully saturated rings. The fourth-order valence-electron chi connectivity index (χ4n) is 5.17. The topological polar surface area (TPSA) is 126 Å². The molecular weight excluding hydrogens is 531 g/mol. The van der Waals surface area contributed by atoms with Crippen LogP contribution in [0.3, 0.4) is 0 Å². The van der Waals surface area contributed by atoms with Crippen molar-refractivity contribution in [3.05, 3.63) is 29.6 Å².